The molecule has 9 nitrogen and oxygen atoms in total. The molecule has 0 saturated carbocycles. The summed E-state index contributed by atoms with van der Waals surface area (Å²) in [6, 6.07) is 4.62. The molecule has 0 bridgehead atoms. The number of carboxylic acid groups (broad SMARTS) is 1. The van der Waals surface area contributed by atoms with E-state index in [2.05, 4.69) is 20.9 Å². The Morgan fingerprint density at radius 3 is 2.23 bits per heavy atom. The van der Waals surface area contributed by atoms with Crippen molar-refractivity contribution in [1.29, 1.82) is 0 Å². The third-order valence-corrected chi connectivity index (χ3v) is 4.87. The second-order valence-corrected chi connectivity index (χ2v) is 8.08. The first-order valence-corrected chi connectivity index (χ1v) is 10.2. The van der Waals surface area contributed by atoms with Gasteiger partial charge in [0, 0.05) is 30.4 Å². The van der Waals surface area contributed by atoms with Crippen LogP contribution >= 0.6 is 0 Å². The average molecular weight is 431 g/mol. The molecule has 3 amide bonds. The van der Waals surface area contributed by atoms with Gasteiger partial charge >= 0.3 is 5.97 Å². The minimum Gasteiger partial charge on any atom is -0.480 e. The van der Waals surface area contributed by atoms with Gasteiger partial charge in [0.25, 0.3) is 0 Å². The standard InChI is InChI=1S/C22H30N4O5/c1-12(2)9-19(22(30)31)26-21(29)18(25-20(28)13(3)24-14(4)27)10-15-11-23-17-8-6-5-7-16(15)17/h5-8,11-13,18-19,23H,9-10H2,1-4H3,(H,24,27)(H,25,28)(H,26,29)(H,30,31). The zero-order chi connectivity index (χ0) is 23.1. The van der Waals surface area contributed by atoms with Crippen molar-refractivity contribution in [3.63, 3.8) is 0 Å². The third kappa shape index (κ3) is 6.84. The van der Waals surface area contributed by atoms with Gasteiger partial charge in [0.15, 0.2) is 0 Å². The van der Waals surface area contributed by atoms with E-state index in [1.165, 1.54) is 13.8 Å². The summed E-state index contributed by atoms with van der Waals surface area (Å²) >= 11 is 0. The molecule has 5 N–H and O–H groups in total. The molecule has 2 rings (SSSR count). The van der Waals surface area contributed by atoms with Crippen molar-refractivity contribution < 1.29 is 24.3 Å². The minimum atomic E-state index is -1.13. The van der Waals surface area contributed by atoms with Crippen LogP contribution in [0.25, 0.3) is 10.9 Å². The first-order chi connectivity index (χ1) is 14.6. The Balaban J connectivity index is 2.25. The molecule has 0 radical (unpaired) electrons. The number of hydrogen-bond donors (Lipinski definition) is 5. The number of carbonyl (C=O) groups is 4. The summed E-state index contributed by atoms with van der Waals surface area (Å²) < 4.78 is 0. The van der Waals surface area contributed by atoms with E-state index in [0.29, 0.717) is 0 Å². The predicted octanol–water partition coefficient (Wildman–Crippen LogP) is 1.34. The number of aromatic nitrogens is 1. The smallest absolute Gasteiger partial charge is 0.326 e. The van der Waals surface area contributed by atoms with Crippen molar-refractivity contribution in [3.05, 3.63) is 36.0 Å². The van der Waals surface area contributed by atoms with Gasteiger partial charge in [0.2, 0.25) is 17.7 Å². The topological polar surface area (TPSA) is 140 Å². The monoisotopic (exact) mass is 430 g/mol. The molecule has 1 heterocycles. The number of nitrogens with one attached hydrogen (secondary N) is 4. The summed E-state index contributed by atoms with van der Waals surface area (Å²) in [5.74, 6) is -2.58. The molecule has 168 valence electrons. The highest BCUT2D eigenvalue weighted by atomic mass is 16.4. The average Bonchev–Trinajstić information content (AvgIpc) is 3.08. The number of aliphatic carboxylic acids is 1. The predicted molar refractivity (Wildman–Crippen MR) is 116 cm³/mol. The Morgan fingerprint density at radius 1 is 0.968 bits per heavy atom. The summed E-state index contributed by atoms with van der Waals surface area (Å²) in [5, 5.41) is 18.0. The molecule has 0 fully saturated rings. The van der Waals surface area contributed by atoms with E-state index in [1.54, 1.807) is 6.20 Å². The fraction of sp³-hybridized carbons (Fsp3) is 0.455. The number of amides is 3. The normalized spacial score (nSPS) is 14.0. The molecule has 0 aliphatic rings. The summed E-state index contributed by atoms with van der Waals surface area (Å²) in [7, 11) is 0. The quantitative estimate of drug-likeness (QED) is 0.387. The number of rotatable bonds is 10. The number of carbonyl (C=O) groups excluding carboxylic acids is 3. The van der Waals surface area contributed by atoms with Gasteiger partial charge in [-0.1, -0.05) is 32.0 Å². The fourth-order valence-corrected chi connectivity index (χ4v) is 3.36. The lowest BCUT2D eigenvalue weighted by molar-refractivity contribution is -0.142. The summed E-state index contributed by atoms with van der Waals surface area (Å²) in [6.07, 6.45) is 2.18. The Hall–Kier alpha value is -3.36. The van der Waals surface area contributed by atoms with Crippen molar-refractivity contribution in [2.24, 2.45) is 5.92 Å². The summed E-state index contributed by atoms with van der Waals surface area (Å²) in [4.78, 5) is 51.5. The molecule has 3 unspecified atom stereocenters. The van der Waals surface area contributed by atoms with Gasteiger partial charge in [0.05, 0.1) is 0 Å². The highest BCUT2D eigenvalue weighted by Gasteiger charge is 2.29. The Kier molecular flexibility index (Phi) is 8.18. The van der Waals surface area contributed by atoms with Crippen molar-refractivity contribution in [2.45, 2.75) is 58.7 Å². The van der Waals surface area contributed by atoms with E-state index >= 15 is 0 Å². The molecule has 3 atom stereocenters. The van der Waals surface area contributed by atoms with Crippen LogP contribution in [0.3, 0.4) is 0 Å². The first-order valence-electron chi connectivity index (χ1n) is 10.2. The number of aromatic amines is 1. The van der Waals surface area contributed by atoms with Crippen LogP contribution in [0.1, 0.15) is 39.7 Å². The molecule has 1 aromatic carbocycles. The Labute approximate surface area is 181 Å². The third-order valence-electron chi connectivity index (χ3n) is 4.87. The van der Waals surface area contributed by atoms with Crippen molar-refractivity contribution in [2.75, 3.05) is 0 Å². The van der Waals surface area contributed by atoms with Crippen LogP contribution in [-0.2, 0) is 25.6 Å². The molecule has 0 aliphatic heterocycles. The lowest BCUT2D eigenvalue weighted by Crippen LogP contribution is -2.55. The number of para-hydroxylation sites is 1. The maximum atomic E-state index is 13.0. The highest BCUT2D eigenvalue weighted by Crippen LogP contribution is 2.19. The van der Waals surface area contributed by atoms with Crippen LogP contribution in [0.5, 0.6) is 0 Å². The molecule has 9 heteroatoms. The van der Waals surface area contributed by atoms with E-state index in [4.69, 9.17) is 0 Å². The second kappa shape index (κ2) is 10.6. The molecule has 0 aliphatic carbocycles. The number of fused-ring (bicyclic) bond motifs is 1. The highest BCUT2D eigenvalue weighted by molar-refractivity contribution is 5.94. The second-order valence-electron chi connectivity index (χ2n) is 8.08. The number of carboxylic acids is 1. The van der Waals surface area contributed by atoms with E-state index in [9.17, 15) is 24.3 Å². The molecule has 0 saturated heterocycles. The largest absolute Gasteiger partial charge is 0.480 e. The van der Waals surface area contributed by atoms with Gasteiger partial charge in [-0.15, -0.1) is 0 Å². The molecule has 31 heavy (non-hydrogen) atoms. The Morgan fingerprint density at radius 2 is 1.61 bits per heavy atom. The first kappa shape index (κ1) is 23.9. The number of hydrogen-bond acceptors (Lipinski definition) is 4. The lowest BCUT2D eigenvalue weighted by Gasteiger charge is -2.23. The zero-order valence-electron chi connectivity index (χ0n) is 18.2. The number of benzene rings is 1. The zero-order valence-corrected chi connectivity index (χ0v) is 18.2. The van der Waals surface area contributed by atoms with Crippen LogP contribution in [0.4, 0.5) is 0 Å². The summed E-state index contributed by atoms with van der Waals surface area (Å²) in [5.41, 5.74) is 1.69. The molecular weight excluding hydrogens is 400 g/mol. The summed E-state index contributed by atoms with van der Waals surface area (Å²) in [6.45, 7) is 6.53. The van der Waals surface area contributed by atoms with Gasteiger partial charge in [-0.05, 0) is 30.9 Å². The maximum absolute atomic E-state index is 13.0. The van der Waals surface area contributed by atoms with Gasteiger partial charge in [0.1, 0.15) is 18.1 Å². The van der Waals surface area contributed by atoms with Crippen LogP contribution < -0.4 is 16.0 Å². The maximum Gasteiger partial charge on any atom is 0.326 e. The van der Waals surface area contributed by atoms with E-state index in [0.717, 1.165) is 16.5 Å². The molecular formula is C22H30N4O5. The fourth-order valence-electron chi connectivity index (χ4n) is 3.36. The lowest BCUT2D eigenvalue weighted by atomic mass is 10.0. The van der Waals surface area contributed by atoms with Crippen LogP contribution in [0, 0.1) is 5.92 Å². The van der Waals surface area contributed by atoms with Crippen LogP contribution in [0.15, 0.2) is 30.5 Å². The van der Waals surface area contributed by atoms with E-state index in [-0.39, 0.29) is 24.7 Å². The van der Waals surface area contributed by atoms with Crippen molar-refractivity contribution >= 4 is 34.6 Å². The van der Waals surface area contributed by atoms with Gasteiger partial charge in [-0.3, -0.25) is 14.4 Å². The molecule has 2 aromatic rings. The van der Waals surface area contributed by atoms with Crippen LogP contribution in [0.2, 0.25) is 0 Å². The molecule has 0 spiro atoms. The van der Waals surface area contributed by atoms with Gasteiger partial charge < -0.3 is 26.0 Å². The van der Waals surface area contributed by atoms with Gasteiger partial charge in [-0.2, -0.15) is 0 Å². The van der Waals surface area contributed by atoms with Crippen LogP contribution in [-0.4, -0.2) is 51.9 Å². The Bertz CT molecular complexity index is 952. The SMILES string of the molecule is CC(=O)NC(C)C(=O)NC(Cc1c[nH]c2ccccc12)C(=O)NC(CC(C)C)C(=O)O. The van der Waals surface area contributed by atoms with Crippen molar-refractivity contribution in [3.8, 4) is 0 Å². The van der Waals surface area contributed by atoms with E-state index in [1.807, 2.05) is 38.1 Å². The van der Waals surface area contributed by atoms with E-state index < -0.39 is 35.9 Å². The molecule has 1 aromatic heterocycles. The van der Waals surface area contributed by atoms with Gasteiger partial charge in [-0.25, -0.2) is 4.79 Å². The number of H-pyrrole nitrogens is 1. The van der Waals surface area contributed by atoms with Crippen molar-refractivity contribution in [1.82, 2.24) is 20.9 Å². The minimum absolute atomic E-state index is 0.0582.